The van der Waals surface area contributed by atoms with E-state index in [1.165, 1.54) is 6.26 Å². The number of ether oxygens (including phenoxy) is 1. The molecular weight excluding hydrogens is 216 g/mol. The van der Waals surface area contributed by atoms with E-state index in [-0.39, 0.29) is 5.75 Å². The number of nitrogens with one attached hydrogen (secondary N) is 1. The lowest BCUT2D eigenvalue weighted by Crippen LogP contribution is -2.33. The maximum Gasteiger partial charge on any atom is 0.148 e. The van der Waals surface area contributed by atoms with Gasteiger partial charge in [0.15, 0.2) is 0 Å². The van der Waals surface area contributed by atoms with Crippen molar-refractivity contribution < 1.29 is 13.2 Å². The number of rotatable bonds is 9. The van der Waals surface area contributed by atoms with Crippen LogP contribution in [-0.4, -0.2) is 72.3 Å². The minimum atomic E-state index is -2.84. The van der Waals surface area contributed by atoms with Gasteiger partial charge in [-0.05, 0) is 7.05 Å². The SMILES string of the molecule is COCCNCCN(C)CCS(C)(=O)=O. The van der Waals surface area contributed by atoms with Crippen LogP contribution in [-0.2, 0) is 14.6 Å². The van der Waals surface area contributed by atoms with Crippen LogP contribution in [0.2, 0.25) is 0 Å². The summed E-state index contributed by atoms with van der Waals surface area (Å²) >= 11 is 0. The molecule has 0 aliphatic carbocycles. The summed E-state index contributed by atoms with van der Waals surface area (Å²) in [7, 11) is 0.746. The van der Waals surface area contributed by atoms with Crippen LogP contribution in [0.3, 0.4) is 0 Å². The Morgan fingerprint density at radius 3 is 2.47 bits per heavy atom. The number of hydrogen-bond donors (Lipinski definition) is 1. The van der Waals surface area contributed by atoms with Crippen LogP contribution >= 0.6 is 0 Å². The fraction of sp³-hybridized carbons (Fsp3) is 1.00. The zero-order chi connectivity index (χ0) is 11.7. The number of hydrogen-bond acceptors (Lipinski definition) is 5. The number of likely N-dealkylation sites (N-methyl/N-ethyl adjacent to an activating group) is 1. The van der Waals surface area contributed by atoms with Gasteiger partial charge >= 0.3 is 0 Å². The summed E-state index contributed by atoms with van der Waals surface area (Å²) in [6, 6.07) is 0. The topological polar surface area (TPSA) is 58.6 Å². The molecule has 0 saturated heterocycles. The van der Waals surface area contributed by atoms with Gasteiger partial charge in [0, 0.05) is 39.5 Å². The molecular formula is C9H22N2O3S. The molecule has 0 bridgehead atoms. The Morgan fingerprint density at radius 2 is 1.93 bits per heavy atom. The molecule has 1 N–H and O–H groups in total. The highest BCUT2D eigenvalue weighted by molar-refractivity contribution is 7.90. The van der Waals surface area contributed by atoms with Crippen LogP contribution in [0.5, 0.6) is 0 Å². The first kappa shape index (κ1) is 14.8. The Morgan fingerprint density at radius 1 is 1.27 bits per heavy atom. The van der Waals surface area contributed by atoms with Gasteiger partial charge in [0.1, 0.15) is 9.84 Å². The van der Waals surface area contributed by atoms with Crippen molar-refractivity contribution in [3.63, 3.8) is 0 Å². The van der Waals surface area contributed by atoms with E-state index in [4.69, 9.17) is 4.74 Å². The van der Waals surface area contributed by atoms with Gasteiger partial charge < -0.3 is 15.0 Å². The van der Waals surface area contributed by atoms with Gasteiger partial charge in [-0.3, -0.25) is 0 Å². The molecule has 0 radical (unpaired) electrons. The average Bonchev–Trinajstić information content (AvgIpc) is 2.13. The molecule has 5 nitrogen and oxygen atoms in total. The van der Waals surface area contributed by atoms with E-state index < -0.39 is 9.84 Å². The zero-order valence-corrected chi connectivity index (χ0v) is 10.6. The minimum absolute atomic E-state index is 0.224. The van der Waals surface area contributed by atoms with Crippen LogP contribution in [0.15, 0.2) is 0 Å². The Bertz CT molecular complexity index is 242. The summed E-state index contributed by atoms with van der Waals surface area (Å²) in [6.45, 7) is 3.82. The van der Waals surface area contributed by atoms with Gasteiger partial charge in [0.25, 0.3) is 0 Å². The molecule has 6 heteroatoms. The lowest BCUT2D eigenvalue weighted by molar-refractivity contribution is 0.198. The second kappa shape index (κ2) is 8.04. The highest BCUT2D eigenvalue weighted by Gasteiger charge is 2.04. The van der Waals surface area contributed by atoms with Crippen LogP contribution < -0.4 is 5.32 Å². The van der Waals surface area contributed by atoms with E-state index in [9.17, 15) is 8.42 Å². The predicted octanol–water partition coefficient (Wildman–Crippen LogP) is -0.801. The van der Waals surface area contributed by atoms with E-state index >= 15 is 0 Å². The van der Waals surface area contributed by atoms with Gasteiger partial charge in [-0.15, -0.1) is 0 Å². The molecule has 0 spiro atoms. The molecule has 0 saturated carbocycles. The van der Waals surface area contributed by atoms with E-state index in [1.54, 1.807) is 7.11 Å². The van der Waals surface area contributed by atoms with Crippen molar-refractivity contribution in [2.24, 2.45) is 0 Å². The third-order valence-corrected chi connectivity index (χ3v) is 2.92. The molecule has 0 rings (SSSR count). The molecule has 0 aromatic carbocycles. The first-order valence-corrected chi connectivity index (χ1v) is 7.07. The average molecular weight is 238 g/mol. The second-order valence-corrected chi connectivity index (χ2v) is 5.94. The predicted molar refractivity (Wildman–Crippen MR) is 62.0 cm³/mol. The van der Waals surface area contributed by atoms with Crippen molar-refractivity contribution in [1.82, 2.24) is 10.2 Å². The maximum absolute atomic E-state index is 10.9. The molecule has 15 heavy (non-hydrogen) atoms. The number of sulfone groups is 1. The fourth-order valence-corrected chi connectivity index (χ4v) is 1.65. The van der Waals surface area contributed by atoms with Crippen LogP contribution in [0, 0.1) is 0 Å². The van der Waals surface area contributed by atoms with E-state index in [1.807, 2.05) is 11.9 Å². The molecule has 92 valence electrons. The second-order valence-electron chi connectivity index (χ2n) is 3.68. The van der Waals surface area contributed by atoms with Crippen LogP contribution in [0.4, 0.5) is 0 Å². The highest BCUT2D eigenvalue weighted by atomic mass is 32.2. The summed E-state index contributed by atoms with van der Waals surface area (Å²) in [6.07, 6.45) is 1.26. The van der Waals surface area contributed by atoms with Crippen LogP contribution in [0.25, 0.3) is 0 Å². The standard InChI is InChI=1S/C9H22N2O3S/c1-11(7-9-15(3,12)13)6-4-10-5-8-14-2/h10H,4-9H2,1-3H3. The monoisotopic (exact) mass is 238 g/mol. The summed E-state index contributed by atoms with van der Waals surface area (Å²) in [4.78, 5) is 2.00. The normalized spacial score (nSPS) is 12.3. The summed E-state index contributed by atoms with van der Waals surface area (Å²) in [5, 5.41) is 3.20. The first-order valence-electron chi connectivity index (χ1n) is 5.01. The first-order chi connectivity index (χ1) is 6.95. The van der Waals surface area contributed by atoms with E-state index in [0.29, 0.717) is 13.2 Å². The van der Waals surface area contributed by atoms with Crippen molar-refractivity contribution in [2.75, 3.05) is 59.0 Å². The van der Waals surface area contributed by atoms with E-state index in [0.717, 1.165) is 19.6 Å². The molecule has 0 aromatic heterocycles. The molecule has 0 heterocycles. The van der Waals surface area contributed by atoms with Crippen molar-refractivity contribution in [3.8, 4) is 0 Å². The Balaban J connectivity index is 3.37. The molecule has 0 aromatic rings. The van der Waals surface area contributed by atoms with Gasteiger partial charge in [-0.25, -0.2) is 8.42 Å². The number of methoxy groups -OCH3 is 1. The van der Waals surface area contributed by atoms with Crippen molar-refractivity contribution in [1.29, 1.82) is 0 Å². The summed E-state index contributed by atoms with van der Waals surface area (Å²) < 4.78 is 26.7. The highest BCUT2D eigenvalue weighted by Crippen LogP contribution is 1.86. The minimum Gasteiger partial charge on any atom is -0.383 e. The van der Waals surface area contributed by atoms with Gasteiger partial charge in [-0.1, -0.05) is 0 Å². The maximum atomic E-state index is 10.9. The quantitative estimate of drug-likeness (QED) is 0.533. The molecule has 0 amide bonds. The van der Waals surface area contributed by atoms with E-state index in [2.05, 4.69) is 5.32 Å². The number of nitrogens with zero attached hydrogens (tertiary/aromatic N) is 1. The van der Waals surface area contributed by atoms with Crippen LogP contribution in [0.1, 0.15) is 0 Å². The van der Waals surface area contributed by atoms with Crippen molar-refractivity contribution in [2.45, 2.75) is 0 Å². The summed E-state index contributed by atoms with van der Waals surface area (Å²) in [5.74, 6) is 0.224. The molecule has 0 fully saturated rings. The molecule has 0 atom stereocenters. The van der Waals surface area contributed by atoms with Gasteiger partial charge in [0.05, 0.1) is 12.4 Å². The fourth-order valence-electron chi connectivity index (χ4n) is 1.00. The molecule has 0 aliphatic rings. The van der Waals surface area contributed by atoms with Crippen molar-refractivity contribution >= 4 is 9.84 Å². The van der Waals surface area contributed by atoms with Gasteiger partial charge in [-0.2, -0.15) is 0 Å². The largest absolute Gasteiger partial charge is 0.383 e. The smallest absolute Gasteiger partial charge is 0.148 e. The van der Waals surface area contributed by atoms with Gasteiger partial charge in [0.2, 0.25) is 0 Å². The Kier molecular flexibility index (Phi) is 7.95. The lowest BCUT2D eigenvalue weighted by atomic mass is 10.5. The Labute approximate surface area is 92.7 Å². The van der Waals surface area contributed by atoms with Crippen molar-refractivity contribution in [3.05, 3.63) is 0 Å². The third kappa shape index (κ3) is 11.8. The molecule has 0 unspecified atom stereocenters. The third-order valence-electron chi connectivity index (χ3n) is 2.00. The summed E-state index contributed by atoms with van der Waals surface area (Å²) in [5.41, 5.74) is 0. The zero-order valence-electron chi connectivity index (χ0n) is 9.82. The lowest BCUT2D eigenvalue weighted by Gasteiger charge is -2.16. The Hall–Kier alpha value is -0.170. The molecule has 0 aliphatic heterocycles.